The molecular formula is C14H23NO. The van der Waals surface area contributed by atoms with E-state index in [1.807, 2.05) is 13.0 Å². The quantitative estimate of drug-likeness (QED) is 0.845. The molecule has 1 aliphatic rings. The molecule has 1 aliphatic carbocycles. The predicted molar refractivity (Wildman–Crippen MR) is 66.3 cm³/mol. The predicted octanol–water partition coefficient (Wildman–Crippen LogP) is 3.50. The van der Waals surface area contributed by atoms with Crippen molar-refractivity contribution in [3.8, 4) is 0 Å². The van der Waals surface area contributed by atoms with Gasteiger partial charge in [0.05, 0.1) is 6.54 Å². The molecule has 1 aromatic rings. The van der Waals surface area contributed by atoms with Gasteiger partial charge in [0.25, 0.3) is 0 Å². The summed E-state index contributed by atoms with van der Waals surface area (Å²) in [4.78, 5) is 0. The smallest absolute Gasteiger partial charge is 0.117 e. The Labute approximate surface area is 98.4 Å². The van der Waals surface area contributed by atoms with Gasteiger partial charge in [-0.3, -0.25) is 0 Å². The van der Waals surface area contributed by atoms with Gasteiger partial charge in [-0.05, 0) is 43.7 Å². The number of furan rings is 1. The van der Waals surface area contributed by atoms with Gasteiger partial charge in [-0.25, -0.2) is 0 Å². The fourth-order valence-electron chi connectivity index (χ4n) is 2.63. The van der Waals surface area contributed by atoms with Crippen molar-refractivity contribution in [3.63, 3.8) is 0 Å². The molecule has 1 heterocycles. The Hall–Kier alpha value is -0.760. The second kappa shape index (κ2) is 5.05. The topological polar surface area (TPSA) is 25.2 Å². The maximum atomic E-state index is 5.57. The molecule has 1 saturated carbocycles. The number of nitrogens with one attached hydrogen (secondary N) is 1. The van der Waals surface area contributed by atoms with Crippen LogP contribution in [0.1, 0.15) is 44.6 Å². The van der Waals surface area contributed by atoms with Crippen LogP contribution in [-0.4, -0.2) is 6.04 Å². The third-order valence-electron chi connectivity index (χ3n) is 3.79. The molecule has 1 aromatic heterocycles. The third-order valence-corrected chi connectivity index (χ3v) is 3.79. The molecule has 0 bridgehead atoms. The van der Waals surface area contributed by atoms with E-state index in [9.17, 15) is 0 Å². The van der Waals surface area contributed by atoms with Crippen molar-refractivity contribution in [1.29, 1.82) is 0 Å². The van der Waals surface area contributed by atoms with Crippen LogP contribution in [0, 0.1) is 18.8 Å². The van der Waals surface area contributed by atoms with Crippen molar-refractivity contribution in [2.45, 2.75) is 52.6 Å². The molecule has 2 heteroatoms. The van der Waals surface area contributed by atoms with E-state index in [1.165, 1.54) is 19.3 Å². The van der Waals surface area contributed by atoms with Gasteiger partial charge in [0, 0.05) is 6.04 Å². The Bertz CT molecular complexity index is 331. The molecule has 1 N–H and O–H groups in total. The van der Waals surface area contributed by atoms with Crippen molar-refractivity contribution in [3.05, 3.63) is 23.7 Å². The first-order valence-corrected chi connectivity index (χ1v) is 6.44. The Morgan fingerprint density at radius 1 is 1.31 bits per heavy atom. The summed E-state index contributed by atoms with van der Waals surface area (Å²) in [6.07, 6.45) is 4.05. The van der Waals surface area contributed by atoms with Gasteiger partial charge in [-0.15, -0.1) is 0 Å². The van der Waals surface area contributed by atoms with Crippen LogP contribution in [0.15, 0.2) is 16.5 Å². The van der Waals surface area contributed by atoms with Gasteiger partial charge in [-0.2, -0.15) is 0 Å². The largest absolute Gasteiger partial charge is 0.465 e. The van der Waals surface area contributed by atoms with Gasteiger partial charge in [0.1, 0.15) is 11.5 Å². The summed E-state index contributed by atoms with van der Waals surface area (Å²) in [7, 11) is 0. The first kappa shape index (κ1) is 11.7. The molecule has 16 heavy (non-hydrogen) atoms. The molecule has 0 amide bonds. The molecule has 0 spiro atoms. The van der Waals surface area contributed by atoms with E-state index in [1.54, 1.807) is 0 Å². The number of rotatable bonds is 3. The van der Waals surface area contributed by atoms with Gasteiger partial charge in [-0.1, -0.05) is 20.3 Å². The van der Waals surface area contributed by atoms with E-state index in [-0.39, 0.29) is 0 Å². The molecular weight excluding hydrogens is 198 g/mol. The van der Waals surface area contributed by atoms with Crippen molar-refractivity contribution in [2.24, 2.45) is 11.8 Å². The van der Waals surface area contributed by atoms with Crippen molar-refractivity contribution >= 4 is 0 Å². The highest BCUT2D eigenvalue weighted by Crippen LogP contribution is 2.28. The molecule has 3 atom stereocenters. The van der Waals surface area contributed by atoms with E-state index in [0.717, 1.165) is 29.9 Å². The lowest BCUT2D eigenvalue weighted by Crippen LogP contribution is -2.38. The highest BCUT2D eigenvalue weighted by molar-refractivity contribution is 5.05. The second-order valence-electron chi connectivity index (χ2n) is 5.40. The lowest BCUT2D eigenvalue weighted by Gasteiger charge is -2.33. The molecule has 0 radical (unpaired) electrons. The van der Waals surface area contributed by atoms with Gasteiger partial charge in [0.15, 0.2) is 0 Å². The zero-order valence-electron chi connectivity index (χ0n) is 10.6. The zero-order chi connectivity index (χ0) is 11.5. The number of hydrogen-bond donors (Lipinski definition) is 1. The maximum Gasteiger partial charge on any atom is 0.117 e. The van der Waals surface area contributed by atoms with Crippen LogP contribution >= 0.6 is 0 Å². The van der Waals surface area contributed by atoms with E-state index in [0.29, 0.717) is 6.04 Å². The van der Waals surface area contributed by atoms with Crippen LogP contribution in [0.2, 0.25) is 0 Å². The highest BCUT2D eigenvalue weighted by Gasteiger charge is 2.24. The zero-order valence-corrected chi connectivity index (χ0v) is 10.6. The lowest BCUT2D eigenvalue weighted by atomic mass is 9.80. The molecule has 0 aliphatic heterocycles. The average molecular weight is 221 g/mol. The van der Waals surface area contributed by atoms with Crippen LogP contribution in [0.25, 0.3) is 0 Å². The fourth-order valence-corrected chi connectivity index (χ4v) is 2.63. The minimum absolute atomic E-state index is 0.661. The van der Waals surface area contributed by atoms with Crippen LogP contribution in [0.4, 0.5) is 0 Å². The van der Waals surface area contributed by atoms with E-state index in [4.69, 9.17) is 4.42 Å². The molecule has 1 fully saturated rings. The van der Waals surface area contributed by atoms with E-state index < -0.39 is 0 Å². The van der Waals surface area contributed by atoms with Crippen molar-refractivity contribution in [2.75, 3.05) is 0 Å². The van der Waals surface area contributed by atoms with Gasteiger partial charge < -0.3 is 9.73 Å². The Kier molecular flexibility index (Phi) is 3.70. The van der Waals surface area contributed by atoms with Crippen LogP contribution in [0.5, 0.6) is 0 Å². The van der Waals surface area contributed by atoms with Crippen LogP contribution in [0.3, 0.4) is 0 Å². The van der Waals surface area contributed by atoms with E-state index >= 15 is 0 Å². The standard InChI is InChI=1S/C14H23NO/c1-10-4-5-11(2)14(8-10)15-9-13-7-6-12(3)16-13/h6-7,10-11,14-15H,4-5,8-9H2,1-3H3. The van der Waals surface area contributed by atoms with Gasteiger partial charge >= 0.3 is 0 Å². The first-order valence-electron chi connectivity index (χ1n) is 6.44. The Balaban J connectivity index is 1.84. The minimum Gasteiger partial charge on any atom is -0.465 e. The van der Waals surface area contributed by atoms with Gasteiger partial charge in [0.2, 0.25) is 0 Å². The van der Waals surface area contributed by atoms with Crippen molar-refractivity contribution < 1.29 is 4.42 Å². The van der Waals surface area contributed by atoms with Crippen molar-refractivity contribution in [1.82, 2.24) is 5.32 Å². The molecule has 90 valence electrons. The lowest BCUT2D eigenvalue weighted by molar-refractivity contribution is 0.223. The number of aryl methyl sites for hydroxylation is 1. The van der Waals surface area contributed by atoms with Crippen LogP contribution in [-0.2, 0) is 6.54 Å². The van der Waals surface area contributed by atoms with Crippen LogP contribution < -0.4 is 5.32 Å². The first-order chi connectivity index (χ1) is 7.65. The maximum absolute atomic E-state index is 5.57. The molecule has 0 aromatic carbocycles. The molecule has 3 unspecified atom stereocenters. The summed E-state index contributed by atoms with van der Waals surface area (Å²) in [6.45, 7) is 7.58. The summed E-state index contributed by atoms with van der Waals surface area (Å²) in [5, 5.41) is 3.64. The average Bonchev–Trinajstić information content (AvgIpc) is 2.66. The Morgan fingerprint density at radius 3 is 2.81 bits per heavy atom. The normalized spacial score (nSPS) is 30.6. The summed E-state index contributed by atoms with van der Waals surface area (Å²) in [5.41, 5.74) is 0. The monoisotopic (exact) mass is 221 g/mol. The summed E-state index contributed by atoms with van der Waals surface area (Å²) in [6, 6.07) is 4.76. The summed E-state index contributed by atoms with van der Waals surface area (Å²) in [5.74, 6) is 3.73. The Morgan fingerprint density at radius 2 is 2.12 bits per heavy atom. The minimum atomic E-state index is 0.661. The molecule has 2 rings (SSSR count). The molecule has 0 saturated heterocycles. The highest BCUT2D eigenvalue weighted by atomic mass is 16.3. The third kappa shape index (κ3) is 2.88. The SMILES string of the molecule is Cc1ccc(CNC2CC(C)CCC2C)o1. The summed E-state index contributed by atoms with van der Waals surface area (Å²) >= 11 is 0. The number of hydrogen-bond acceptors (Lipinski definition) is 2. The fraction of sp³-hybridized carbons (Fsp3) is 0.714. The van der Waals surface area contributed by atoms with E-state index in [2.05, 4.69) is 25.2 Å². The second-order valence-corrected chi connectivity index (χ2v) is 5.40. The summed E-state index contributed by atoms with van der Waals surface area (Å²) < 4.78 is 5.57. The molecule has 2 nitrogen and oxygen atoms in total.